The van der Waals surface area contributed by atoms with Crippen LogP contribution >= 0.6 is 11.6 Å². The molecule has 1 aliphatic heterocycles. The van der Waals surface area contributed by atoms with Crippen LogP contribution in [0.4, 0.5) is 5.69 Å². The number of benzene rings is 2. The highest BCUT2D eigenvalue weighted by Gasteiger charge is 2.27. The van der Waals surface area contributed by atoms with E-state index in [1.54, 1.807) is 30.3 Å². The second-order valence-electron chi connectivity index (χ2n) is 5.49. The summed E-state index contributed by atoms with van der Waals surface area (Å²) in [5.41, 5.74) is 1.52. The van der Waals surface area contributed by atoms with Crippen LogP contribution < -0.4 is 10.1 Å². The minimum absolute atomic E-state index is 0.230. The Bertz CT molecular complexity index is 748. The lowest BCUT2D eigenvalue weighted by Gasteiger charge is -2.24. The molecule has 1 atom stereocenters. The van der Waals surface area contributed by atoms with Crippen molar-refractivity contribution in [3.63, 3.8) is 0 Å². The Balaban J connectivity index is 1.51. The van der Waals surface area contributed by atoms with Crippen LogP contribution in [0.1, 0.15) is 5.56 Å². The summed E-state index contributed by atoms with van der Waals surface area (Å²) in [7, 11) is 0. The molecule has 0 fully saturated rings. The highest BCUT2D eigenvalue weighted by atomic mass is 35.5. The smallest absolute Gasteiger partial charge is 0.313 e. The molecule has 5 nitrogen and oxygen atoms in total. The molecule has 0 bridgehead atoms. The monoisotopic (exact) mass is 345 g/mol. The molecule has 0 saturated carbocycles. The van der Waals surface area contributed by atoms with Crippen LogP contribution in [0.15, 0.2) is 48.5 Å². The van der Waals surface area contributed by atoms with Gasteiger partial charge in [0, 0.05) is 10.7 Å². The maximum absolute atomic E-state index is 12.1. The maximum Gasteiger partial charge on any atom is 0.313 e. The fraction of sp³-hybridized carbons (Fsp3) is 0.222. The lowest BCUT2D eigenvalue weighted by atomic mass is 9.97. The summed E-state index contributed by atoms with van der Waals surface area (Å²) in [4.78, 5) is 23.9. The summed E-state index contributed by atoms with van der Waals surface area (Å²) in [5, 5.41) is 3.25. The first-order valence-electron chi connectivity index (χ1n) is 7.54. The lowest BCUT2D eigenvalue weighted by Crippen LogP contribution is -2.31. The van der Waals surface area contributed by atoms with Crippen molar-refractivity contribution >= 4 is 29.2 Å². The van der Waals surface area contributed by atoms with Crippen molar-refractivity contribution in [3.05, 3.63) is 59.1 Å². The largest absolute Gasteiger partial charge is 0.492 e. The van der Waals surface area contributed by atoms with E-state index in [1.807, 2.05) is 18.2 Å². The Morgan fingerprint density at radius 3 is 2.79 bits per heavy atom. The average molecular weight is 346 g/mol. The van der Waals surface area contributed by atoms with Gasteiger partial charge >= 0.3 is 5.97 Å². The summed E-state index contributed by atoms with van der Waals surface area (Å²) in [6, 6.07) is 14.3. The van der Waals surface area contributed by atoms with Crippen molar-refractivity contribution in [1.82, 2.24) is 0 Å². The average Bonchev–Trinajstić information content (AvgIpc) is 2.60. The van der Waals surface area contributed by atoms with Crippen molar-refractivity contribution < 1.29 is 19.1 Å². The van der Waals surface area contributed by atoms with Gasteiger partial charge in [-0.05, 0) is 42.3 Å². The molecule has 6 heteroatoms. The van der Waals surface area contributed by atoms with Crippen molar-refractivity contribution in [3.8, 4) is 5.75 Å². The summed E-state index contributed by atoms with van der Waals surface area (Å²) in [5.74, 6) is -0.552. The van der Waals surface area contributed by atoms with Gasteiger partial charge in [0.25, 0.3) is 5.91 Å². The molecular weight excluding hydrogens is 330 g/mol. The molecule has 0 spiro atoms. The Hall–Kier alpha value is -2.53. The zero-order chi connectivity index (χ0) is 16.9. The molecule has 1 N–H and O–H groups in total. The van der Waals surface area contributed by atoms with Gasteiger partial charge < -0.3 is 14.8 Å². The van der Waals surface area contributed by atoms with Crippen LogP contribution in [0.5, 0.6) is 5.75 Å². The fourth-order valence-electron chi connectivity index (χ4n) is 2.49. The number of ether oxygens (including phenoxy) is 2. The highest BCUT2D eigenvalue weighted by molar-refractivity contribution is 6.30. The minimum atomic E-state index is -0.455. The van der Waals surface area contributed by atoms with E-state index in [1.165, 1.54) is 0 Å². The molecule has 1 aliphatic rings. The Morgan fingerprint density at radius 1 is 1.21 bits per heavy atom. The number of amides is 1. The number of hydrogen-bond acceptors (Lipinski definition) is 4. The van der Waals surface area contributed by atoms with Gasteiger partial charge in [-0.25, -0.2) is 0 Å². The molecule has 2 aromatic carbocycles. The molecular formula is C18H16ClNO4. The van der Waals surface area contributed by atoms with E-state index in [4.69, 9.17) is 21.1 Å². The Morgan fingerprint density at radius 2 is 2.00 bits per heavy atom. The van der Waals surface area contributed by atoms with E-state index >= 15 is 0 Å². The van der Waals surface area contributed by atoms with Crippen LogP contribution in [0.3, 0.4) is 0 Å². The molecule has 24 heavy (non-hydrogen) atoms. The van der Waals surface area contributed by atoms with Gasteiger partial charge in [-0.15, -0.1) is 0 Å². The van der Waals surface area contributed by atoms with Crippen molar-refractivity contribution in [2.75, 3.05) is 18.5 Å². The predicted octanol–water partition coefficient (Wildman–Crippen LogP) is 3.07. The molecule has 124 valence electrons. The summed E-state index contributed by atoms with van der Waals surface area (Å²) in [6.07, 6.45) is 0.481. The number of halogens is 1. The quantitative estimate of drug-likeness (QED) is 0.865. The van der Waals surface area contributed by atoms with Crippen LogP contribution in [0.25, 0.3) is 0 Å². The molecule has 0 radical (unpaired) electrons. The van der Waals surface area contributed by atoms with E-state index in [0.717, 1.165) is 11.3 Å². The third-order valence-corrected chi connectivity index (χ3v) is 3.90. The first-order valence-corrected chi connectivity index (χ1v) is 7.92. The highest BCUT2D eigenvalue weighted by Crippen LogP contribution is 2.30. The topological polar surface area (TPSA) is 64.6 Å². The van der Waals surface area contributed by atoms with Crippen LogP contribution in [0.2, 0.25) is 5.02 Å². The van der Waals surface area contributed by atoms with E-state index < -0.39 is 11.9 Å². The number of carbonyl (C=O) groups is 2. The lowest BCUT2D eigenvalue weighted by molar-refractivity contribution is -0.152. The first-order chi connectivity index (χ1) is 11.6. The summed E-state index contributed by atoms with van der Waals surface area (Å²) in [6.45, 7) is -0.0968. The number of rotatable bonds is 4. The van der Waals surface area contributed by atoms with Crippen LogP contribution in [-0.2, 0) is 20.7 Å². The molecule has 0 saturated heterocycles. The standard InChI is InChI=1S/C18H16ClNO4/c19-14-6-7-16-12(9-14)8-13(10-23-16)18(22)24-11-17(21)20-15-4-2-1-3-5-15/h1-7,9,13H,8,10-11H2,(H,20,21)/t13-/m0/s1. The Kier molecular flexibility index (Phi) is 5.01. The normalized spacial score (nSPS) is 15.8. The third-order valence-electron chi connectivity index (χ3n) is 3.67. The van der Waals surface area contributed by atoms with Crippen molar-refractivity contribution in [1.29, 1.82) is 0 Å². The fourth-order valence-corrected chi connectivity index (χ4v) is 2.68. The van der Waals surface area contributed by atoms with Crippen molar-refractivity contribution in [2.45, 2.75) is 6.42 Å². The van der Waals surface area contributed by atoms with Gasteiger partial charge in [-0.3, -0.25) is 9.59 Å². The minimum Gasteiger partial charge on any atom is -0.492 e. The van der Waals surface area contributed by atoms with Gasteiger partial charge in [0.1, 0.15) is 12.4 Å². The van der Waals surface area contributed by atoms with Gasteiger partial charge in [0.15, 0.2) is 6.61 Å². The van der Waals surface area contributed by atoms with Gasteiger partial charge in [-0.1, -0.05) is 29.8 Å². The Labute approximate surface area is 144 Å². The van der Waals surface area contributed by atoms with Gasteiger partial charge in [0.2, 0.25) is 0 Å². The zero-order valence-electron chi connectivity index (χ0n) is 12.8. The zero-order valence-corrected chi connectivity index (χ0v) is 13.6. The van der Waals surface area contributed by atoms with E-state index in [0.29, 0.717) is 17.1 Å². The molecule has 2 aromatic rings. The van der Waals surface area contributed by atoms with E-state index in [9.17, 15) is 9.59 Å². The second kappa shape index (κ2) is 7.36. The number of carbonyl (C=O) groups excluding carboxylic acids is 2. The SMILES string of the molecule is O=C(COC(=O)[C@@H]1COc2ccc(Cl)cc2C1)Nc1ccccc1. The number of para-hydroxylation sites is 1. The number of esters is 1. The van der Waals surface area contributed by atoms with Gasteiger partial charge in [0.05, 0.1) is 5.92 Å². The van der Waals surface area contributed by atoms with Crippen LogP contribution in [0, 0.1) is 5.92 Å². The predicted molar refractivity (Wildman–Crippen MR) is 90.2 cm³/mol. The summed E-state index contributed by atoms with van der Waals surface area (Å²) >= 11 is 5.96. The molecule has 0 aliphatic carbocycles. The third kappa shape index (κ3) is 4.06. The van der Waals surface area contributed by atoms with Crippen LogP contribution in [-0.4, -0.2) is 25.1 Å². The first kappa shape index (κ1) is 16.3. The number of anilines is 1. The number of fused-ring (bicyclic) bond motifs is 1. The number of nitrogens with one attached hydrogen (secondary N) is 1. The van der Waals surface area contributed by atoms with Gasteiger partial charge in [-0.2, -0.15) is 0 Å². The van der Waals surface area contributed by atoms with Crippen molar-refractivity contribution in [2.24, 2.45) is 5.92 Å². The second-order valence-corrected chi connectivity index (χ2v) is 5.92. The van der Waals surface area contributed by atoms with E-state index in [2.05, 4.69) is 5.32 Å². The molecule has 0 aromatic heterocycles. The molecule has 3 rings (SSSR count). The molecule has 1 heterocycles. The molecule has 1 amide bonds. The summed E-state index contributed by atoms with van der Waals surface area (Å²) < 4.78 is 10.7. The number of hydrogen-bond donors (Lipinski definition) is 1. The van der Waals surface area contributed by atoms with E-state index in [-0.39, 0.29) is 19.1 Å². The maximum atomic E-state index is 12.1. The molecule has 0 unspecified atom stereocenters.